The molecule has 5 heteroatoms. The predicted molar refractivity (Wildman–Crippen MR) is 106 cm³/mol. The van der Waals surface area contributed by atoms with Crippen LogP contribution in [0.2, 0.25) is 0 Å². The van der Waals surface area contributed by atoms with Gasteiger partial charge in [-0.05, 0) is 57.6 Å². The third kappa shape index (κ3) is 3.45. The molecule has 134 valence electrons. The van der Waals surface area contributed by atoms with E-state index in [9.17, 15) is 4.79 Å². The molecule has 1 aromatic carbocycles. The Kier molecular flexibility index (Phi) is 4.80. The minimum atomic E-state index is -0.465. The number of carbonyl (C=O) groups is 1. The first-order chi connectivity index (χ1) is 12.0. The molecule has 3 nitrogen and oxygen atoms in total. The van der Waals surface area contributed by atoms with Crippen LogP contribution in [-0.2, 0) is 4.79 Å². The van der Waals surface area contributed by atoms with Gasteiger partial charge in [-0.25, -0.2) is 4.98 Å². The number of benzene rings is 1. The standard InChI is InChI=1S/C20H26N2OS2/c1-20(2,25-19-21-15-10-4-6-12-17(15)24-19)18(23)22-13-7-9-14-8-3-5-11-16(14)22/h4,6,10,12,14,16H,3,5,7-9,11,13H2,1-2H3. The van der Waals surface area contributed by atoms with Gasteiger partial charge < -0.3 is 4.90 Å². The number of amides is 1. The van der Waals surface area contributed by atoms with Crippen LogP contribution in [0.25, 0.3) is 10.2 Å². The van der Waals surface area contributed by atoms with Gasteiger partial charge in [-0.3, -0.25) is 4.79 Å². The molecule has 0 spiro atoms. The van der Waals surface area contributed by atoms with Crippen LogP contribution in [0.15, 0.2) is 28.6 Å². The average Bonchev–Trinajstić information content (AvgIpc) is 3.02. The van der Waals surface area contributed by atoms with Gasteiger partial charge in [0.1, 0.15) is 0 Å². The van der Waals surface area contributed by atoms with Crippen molar-refractivity contribution in [2.75, 3.05) is 6.54 Å². The lowest BCUT2D eigenvalue weighted by Crippen LogP contribution is -2.54. The van der Waals surface area contributed by atoms with Crippen molar-refractivity contribution in [3.8, 4) is 0 Å². The summed E-state index contributed by atoms with van der Waals surface area (Å²) in [6.45, 7) is 5.07. The van der Waals surface area contributed by atoms with Gasteiger partial charge in [0, 0.05) is 12.6 Å². The van der Waals surface area contributed by atoms with Gasteiger partial charge in [-0.2, -0.15) is 0 Å². The van der Waals surface area contributed by atoms with Crippen LogP contribution in [0.5, 0.6) is 0 Å². The summed E-state index contributed by atoms with van der Waals surface area (Å²) in [5.41, 5.74) is 1.03. The number of piperidine rings is 1. The lowest BCUT2D eigenvalue weighted by Gasteiger charge is -2.46. The number of para-hydroxylation sites is 1. The minimum absolute atomic E-state index is 0.299. The molecule has 1 amide bonds. The van der Waals surface area contributed by atoms with E-state index in [0.717, 1.165) is 28.7 Å². The van der Waals surface area contributed by atoms with Crippen LogP contribution in [0.3, 0.4) is 0 Å². The predicted octanol–water partition coefficient (Wildman–Crippen LogP) is 5.35. The van der Waals surface area contributed by atoms with E-state index in [2.05, 4.69) is 24.8 Å². The zero-order valence-electron chi connectivity index (χ0n) is 15.0. The van der Waals surface area contributed by atoms with Crippen LogP contribution in [0, 0.1) is 5.92 Å². The SMILES string of the molecule is CC(C)(Sc1nc2ccccc2s1)C(=O)N1CCCC2CCCCC21. The largest absolute Gasteiger partial charge is 0.338 e. The quantitative estimate of drug-likeness (QED) is 0.679. The van der Waals surface area contributed by atoms with Crippen molar-refractivity contribution in [3.05, 3.63) is 24.3 Å². The number of carbonyl (C=O) groups excluding carboxylic acids is 1. The molecule has 2 fully saturated rings. The van der Waals surface area contributed by atoms with Crippen molar-refractivity contribution < 1.29 is 4.79 Å². The molecule has 2 aliphatic rings. The molecule has 0 N–H and O–H groups in total. The van der Waals surface area contributed by atoms with Crippen molar-refractivity contribution in [2.45, 2.75) is 67.5 Å². The van der Waals surface area contributed by atoms with Gasteiger partial charge in [-0.15, -0.1) is 11.3 Å². The first kappa shape index (κ1) is 17.3. The molecule has 4 rings (SSSR count). The fourth-order valence-electron chi connectivity index (χ4n) is 4.38. The van der Waals surface area contributed by atoms with Crippen LogP contribution in [-0.4, -0.2) is 33.1 Å². The van der Waals surface area contributed by atoms with E-state index in [-0.39, 0.29) is 0 Å². The fraction of sp³-hybridized carbons (Fsp3) is 0.600. The van der Waals surface area contributed by atoms with Crippen molar-refractivity contribution in [1.82, 2.24) is 9.88 Å². The summed E-state index contributed by atoms with van der Waals surface area (Å²) in [6, 6.07) is 8.68. The Balaban J connectivity index is 1.53. The van der Waals surface area contributed by atoms with Crippen LogP contribution in [0.1, 0.15) is 52.4 Å². The summed E-state index contributed by atoms with van der Waals surface area (Å²) < 4.78 is 1.73. The Hall–Kier alpha value is -1.07. The molecule has 1 saturated carbocycles. The fourth-order valence-corrected chi connectivity index (χ4v) is 6.92. The normalized spacial score (nSPS) is 24.3. The van der Waals surface area contributed by atoms with Gasteiger partial charge >= 0.3 is 0 Å². The Bertz CT molecular complexity index is 735. The number of hydrogen-bond donors (Lipinski definition) is 0. The van der Waals surface area contributed by atoms with Crippen molar-refractivity contribution in [1.29, 1.82) is 0 Å². The van der Waals surface area contributed by atoms with Gasteiger partial charge in [0.05, 0.1) is 15.0 Å². The van der Waals surface area contributed by atoms with Gasteiger partial charge in [0.25, 0.3) is 0 Å². The molecule has 2 heterocycles. The van der Waals surface area contributed by atoms with Gasteiger partial charge in [0.15, 0.2) is 4.34 Å². The monoisotopic (exact) mass is 374 g/mol. The van der Waals surface area contributed by atoms with E-state index in [4.69, 9.17) is 4.98 Å². The van der Waals surface area contributed by atoms with E-state index in [1.54, 1.807) is 23.1 Å². The molecule has 1 saturated heterocycles. The zero-order chi connectivity index (χ0) is 17.4. The molecule has 1 aliphatic carbocycles. The first-order valence-electron chi connectivity index (χ1n) is 9.40. The molecule has 0 bridgehead atoms. The van der Waals surface area contributed by atoms with E-state index >= 15 is 0 Å². The number of hydrogen-bond acceptors (Lipinski definition) is 4. The zero-order valence-corrected chi connectivity index (χ0v) is 16.7. The molecule has 2 aromatic rings. The molecule has 25 heavy (non-hydrogen) atoms. The van der Waals surface area contributed by atoms with Crippen molar-refractivity contribution in [2.24, 2.45) is 5.92 Å². The van der Waals surface area contributed by atoms with Crippen molar-refractivity contribution >= 4 is 39.2 Å². The molecule has 1 aromatic heterocycles. The molecule has 0 radical (unpaired) electrons. The second kappa shape index (κ2) is 6.92. The summed E-state index contributed by atoms with van der Waals surface area (Å²) in [5.74, 6) is 1.03. The lowest BCUT2D eigenvalue weighted by atomic mass is 9.78. The maximum atomic E-state index is 13.4. The summed E-state index contributed by atoms with van der Waals surface area (Å²) in [5, 5.41) is 0. The van der Waals surface area contributed by atoms with Gasteiger partial charge in [-0.1, -0.05) is 36.7 Å². The smallest absolute Gasteiger partial charge is 0.238 e. The number of likely N-dealkylation sites (tertiary alicyclic amines) is 1. The Morgan fingerprint density at radius 2 is 1.96 bits per heavy atom. The highest BCUT2D eigenvalue weighted by atomic mass is 32.2. The van der Waals surface area contributed by atoms with Crippen LogP contribution < -0.4 is 0 Å². The summed E-state index contributed by atoms with van der Waals surface area (Å²) in [7, 11) is 0. The summed E-state index contributed by atoms with van der Waals surface area (Å²) >= 11 is 3.32. The third-order valence-electron chi connectivity index (χ3n) is 5.64. The highest BCUT2D eigenvalue weighted by molar-refractivity contribution is 8.03. The number of nitrogens with zero attached hydrogens (tertiary/aromatic N) is 2. The molecular formula is C20H26N2OS2. The maximum Gasteiger partial charge on any atom is 0.238 e. The number of fused-ring (bicyclic) bond motifs is 2. The van der Waals surface area contributed by atoms with Crippen LogP contribution in [0.4, 0.5) is 0 Å². The molecule has 2 atom stereocenters. The Labute approximate surface area is 158 Å². The number of aromatic nitrogens is 1. The first-order valence-corrected chi connectivity index (χ1v) is 11.0. The van der Waals surface area contributed by atoms with E-state index in [1.165, 1.54) is 36.8 Å². The number of thiazole rings is 1. The number of rotatable bonds is 3. The highest BCUT2D eigenvalue weighted by Gasteiger charge is 2.41. The molecule has 2 unspecified atom stereocenters. The van der Waals surface area contributed by atoms with Crippen molar-refractivity contribution in [3.63, 3.8) is 0 Å². The van der Waals surface area contributed by atoms with E-state index < -0.39 is 4.75 Å². The average molecular weight is 375 g/mol. The van der Waals surface area contributed by atoms with E-state index in [0.29, 0.717) is 11.9 Å². The maximum absolute atomic E-state index is 13.4. The topological polar surface area (TPSA) is 33.2 Å². The highest BCUT2D eigenvalue weighted by Crippen LogP contribution is 2.41. The Morgan fingerprint density at radius 3 is 2.80 bits per heavy atom. The van der Waals surface area contributed by atoms with E-state index in [1.807, 2.05) is 18.2 Å². The van der Waals surface area contributed by atoms with Crippen LogP contribution >= 0.6 is 23.1 Å². The second-order valence-corrected chi connectivity index (χ2v) is 10.7. The second-order valence-electron chi connectivity index (χ2n) is 7.81. The molecular weight excluding hydrogens is 348 g/mol. The summed E-state index contributed by atoms with van der Waals surface area (Å²) in [6.07, 6.45) is 7.58. The minimum Gasteiger partial charge on any atom is -0.338 e. The summed E-state index contributed by atoms with van der Waals surface area (Å²) in [4.78, 5) is 20.3. The Morgan fingerprint density at radius 1 is 1.20 bits per heavy atom. The number of thioether (sulfide) groups is 1. The lowest BCUT2D eigenvalue weighted by molar-refractivity contribution is -0.139. The third-order valence-corrected chi connectivity index (χ3v) is 7.92. The van der Waals surface area contributed by atoms with Gasteiger partial charge in [0.2, 0.25) is 5.91 Å². The molecule has 1 aliphatic heterocycles.